The lowest BCUT2D eigenvalue weighted by atomic mass is 10.1. The molecular weight excluding hydrogens is 287 g/mol. The summed E-state index contributed by atoms with van der Waals surface area (Å²) in [4.78, 5) is 12.0. The van der Waals surface area contributed by atoms with E-state index in [-0.39, 0.29) is 6.04 Å². The van der Waals surface area contributed by atoms with Gasteiger partial charge < -0.3 is 4.90 Å². The summed E-state index contributed by atoms with van der Waals surface area (Å²) in [5, 5.41) is 0. The van der Waals surface area contributed by atoms with Crippen LogP contribution in [-0.2, 0) is 4.79 Å². The van der Waals surface area contributed by atoms with Crippen molar-refractivity contribution in [3.63, 3.8) is 0 Å². The van der Waals surface area contributed by atoms with Crippen LogP contribution in [0.4, 0.5) is 13.2 Å². The summed E-state index contributed by atoms with van der Waals surface area (Å²) in [7, 11) is 0. The third-order valence-electron chi connectivity index (χ3n) is 2.36. The van der Waals surface area contributed by atoms with Crippen molar-refractivity contribution in [3.05, 3.63) is 0 Å². The van der Waals surface area contributed by atoms with Gasteiger partial charge in [-0.1, -0.05) is 29.8 Å². The van der Waals surface area contributed by atoms with Gasteiger partial charge in [0.15, 0.2) is 0 Å². The first-order valence-electron chi connectivity index (χ1n) is 5.24. The molecule has 0 rings (SSSR count). The highest BCUT2D eigenvalue weighted by Crippen LogP contribution is 2.22. The van der Waals surface area contributed by atoms with Gasteiger partial charge in [0.25, 0.3) is 0 Å². The minimum absolute atomic E-state index is 0.353. The van der Waals surface area contributed by atoms with Gasteiger partial charge in [-0.15, -0.1) is 0 Å². The number of rotatable bonds is 5. The van der Waals surface area contributed by atoms with E-state index in [0.717, 1.165) is 4.90 Å². The van der Waals surface area contributed by atoms with Crippen molar-refractivity contribution < 1.29 is 18.0 Å². The van der Waals surface area contributed by atoms with Gasteiger partial charge in [0, 0.05) is 6.04 Å². The summed E-state index contributed by atoms with van der Waals surface area (Å²) >= 11 is 3.02. The second-order valence-electron chi connectivity index (χ2n) is 3.67. The summed E-state index contributed by atoms with van der Waals surface area (Å²) in [5.41, 5.74) is 0. The largest absolute Gasteiger partial charge is 0.406 e. The number of carbonyl (C=O) groups is 1. The van der Waals surface area contributed by atoms with E-state index in [1.165, 1.54) is 6.92 Å². The Morgan fingerprint density at radius 1 is 1.31 bits per heavy atom. The maximum Gasteiger partial charge on any atom is 0.406 e. The molecule has 0 saturated carbocycles. The van der Waals surface area contributed by atoms with E-state index in [4.69, 9.17) is 0 Å². The molecule has 0 aromatic carbocycles. The fourth-order valence-electron chi connectivity index (χ4n) is 1.54. The Balaban J connectivity index is 4.82. The molecule has 1 amide bonds. The first-order chi connectivity index (χ1) is 7.22. The molecule has 0 bridgehead atoms. The van der Waals surface area contributed by atoms with E-state index >= 15 is 0 Å². The third-order valence-corrected chi connectivity index (χ3v) is 2.75. The molecule has 0 spiro atoms. The summed E-state index contributed by atoms with van der Waals surface area (Å²) in [5.74, 6) is -0.508. The van der Waals surface area contributed by atoms with Crippen molar-refractivity contribution >= 4 is 21.8 Å². The molecule has 16 heavy (non-hydrogen) atoms. The summed E-state index contributed by atoms with van der Waals surface area (Å²) in [6.07, 6.45) is -3.30. The Morgan fingerprint density at radius 2 is 1.75 bits per heavy atom. The van der Waals surface area contributed by atoms with E-state index in [2.05, 4.69) is 15.9 Å². The number of amides is 1. The summed E-state index contributed by atoms with van der Waals surface area (Å²) in [6, 6.07) is -0.353. The van der Waals surface area contributed by atoms with E-state index < -0.39 is 23.5 Å². The highest BCUT2D eigenvalue weighted by molar-refractivity contribution is 9.10. The molecule has 0 aromatic rings. The van der Waals surface area contributed by atoms with Gasteiger partial charge in [0.05, 0.1) is 4.83 Å². The monoisotopic (exact) mass is 303 g/mol. The highest BCUT2D eigenvalue weighted by atomic mass is 79.9. The van der Waals surface area contributed by atoms with Crippen molar-refractivity contribution in [2.75, 3.05) is 6.54 Å². The number of nitrogens with zero attached hydrogens (tertiary/aromatic N) is 1. The van der Waals surface area contributed by atoms with Crippen LogP contribution in [0.25, 0.3) is 0 Å². The van der Waals surface area contributed by atoms with Crippen LogP contribution in [0.1, 0.15) is 33.6 Å². The van der Waals surface area contributed by atoms with Crippen molar-refractivity contribution in [2.24, 2.45) is 0 Å². The predicted octanol–water partition coefficient (Wildman–Crippen LogP) is 3.35. The molecule has 0 N–H and O–H groups in total. The summed E-state index contributed by atoms with van der Waals surface area (Å²) in [6.45, 7) is 3.93. The van der Waals surface area contributed by atoms with Gasteiger partial charge in [-0.2, -0.15) is 13.2 Å². The maximum absolute atomic E-state index is 12.4. The van der Waals surface area contributed by atoms with Crippen LogP contribution in [0.15, 0.2) is 0 Å². The molecule has 1 atom stereocenters. The van der Waals surface area contributed by atoms with Gasteiger partial charge in [-0.3, -0.25) is 4.79 Å². The third kappa shape index (κ3) is 5.18. The van der Waals surface area contributed by atoms with Crippen molar-refractivity contribution in [2.45, 2.75) is 50.7 Å². The zero-order valence-electron chi connectivity index (χ0n) is 9.64. The standard InChI is InChI=1S/C10H17BrF3NO/c1-4-8(5-2)15(6-10(12,13)14)9(16)7(3)11/h7-8H,4-6H2,1-3H3. The second kappa shape index (κ2) is 6.47. The molecule has 0 aliphatic rings. The fraction of sp³-hybridized carbons (Fsp3) is 0.900. The lowest BCUT2D eigenvalue weighted by molar-refractivity contribution is -0.165. The fourth-order valence-corrected chi connectivity index (χ4v) is 1.80. The Labute approximate surface area is 102 Å². The van der Waals surface area contributed by atoms with Crippen LogP contribution >= 0.6 is 15.9 Å². The maximum atomic E-state index is 12.4. The normalized spacial score (nSPS) is 14.0. The van der Waals surface area contributed by atoms with Crippen LogP contribution in [0.2, 0.25) is 0 Å². The first kappa shape index (κ1) is 15.7. The zero-order valence-corrected chi connectivity index (χ0v) is 11.2. The molecule has 6 heteroatoms. The Morgan fingerprint density at radius 3 is 2.00 bits per heavy atom. The average Bonchev–Trinajstić information content (AvgIpc) is 2.15. The van der Waals surface area contributed by atoms with Crippen LogP contribution in [-0.4, -0.2) is 34.4 Å². The topological polar surface area (TPSA) is 20.3 Å². The van der Waals surface area contributed by atoms with E-state index in [1.807, 2.05) is 0 Å². The molecule has 0 heterocycles. The number of halogens is 4. The molecule has 0 fully saturated rings. The number of hydrogen-bond acceptors (Lipinski definition) is 1. The van der Waals surface area contributed by atoms with Crippen LogP contribution in [0.5, 0.6) is 0 Å². The number of alkyl halides is 4. The molecule has 0 saturated heterocycles. The van der Waals surface area contributed by atoms with Crippen LogP contribution in [0, 0.1) is 0 Å². The van der Waals surface area contributed by atoms with Gasteiger partial charge in [-0.25, -0.2) is 0 Å². The molecule has 0 aliphatic carbocycles. The minimum Gasteiger partial charge on any atom is -0.330 e. The van der Waals surface area contributed by atoms with Gasteiger partial charge in [-0.05, 0) is 19.8 Å². The molecule has 2 nitrogen and oxygen atoms in total. The number of hydrogen-bond donors (Lipinski definition) is 0. The zero-order chi connectivity index (χ0) is 12.9. The minimum atomic E-state index is -4.35. The summed E-state index contributed by atoms with van der Waals surface area (Å²) < 4.78 is 37.1. The van der Waals surface area contributed by atoms with Gasteiger partial charge in [0.1, 0.15) is 6.54 Å². The smallest absolute Gasteiger partial charge is 0.330 e. The first-order valence-corrected chi connectivity index (χ1v) is 6.15. The molecule has 0 radical (unpaired) electrons. The second-order valence-corrected chi connectivity index (χ2v) is 5.04. The van der Waals surface area contributed by atoms with Gasteiger partial charge >= 0.3 is 6.18 Å². The quantitative estimate of drug-likeness (QED) is 0.713. The van der Waals surface area contributed by atoms with Crippen LogP contribution < -0.4 is 0 Å². The molecule has 0 aliphatic heterocycles. The van der Waals surface area contributed by atoms with Gasteiger partial charge in [0.2, 0.25) is 5.91 Å². The SMILES string of the molecule is CCC(CC)N(CC(F)(F)F)C(=O)C(C)Br. The lowest BCUT2D eigenvalue weighted by Gasteiger charge is -2.32. The number of carbonyl (C=O) groups excluding carboxylic acids is 1. The molecule has 96 valence electrons. The lowest BCUT2D eigenvalue weighted by Crippen LogP contribution is -2.47. The van der Waals surface area contributed by atoms with Crippen molar-refractivity contribution in [1.82, 2.24) is 4.90 Å². The van der Waals surface area contributed by atoms with Crippen molar-refractivity contribution in [3.8, 4) is 0 Å². The van der Waals surface area contributed by atoms with Crippen LogP contribution in [0.3, 0.4) is 0 Å². The van der Waals surface area contributed by atoms with Crippen molar-refractivity contribution in [1.29, 1.82) is 0 Å². The highest BCUT2D eigenvalue weighted by Gasteiger charge is 2.36. The van der Waals surface area contributed by atoms with E-state index in [1.54, 1.807) is 13.8 Å². The predicted molar refractivity (Wildman–Crippen MR) is 60.5 cm³/mol. The molecule has 1 unspecified atom stereocenters. The van der Waals surface area contributed by atoms with E-state index in [9.17, 15) is 18.0 Å². The van der Waals surface area contributed by atoms with E-state index in [0.29, 0.717) is 12.8 Å². The Bertz CT molecular complexity index is 227. The Hall–Kier alpha value is -0.260. The molecule has 0 aromatic heterocycles. The average molecular weight is 304 g/mol. The molecular formula is C10H17BrF3NO. The Kier molecular flexibility index (Phi) is 6.36.